The zero-order valence-electron chi connectivity index (χ0n) is 13.8. The molecule has 0 fully saturated rings. The molecular formula is C17H23N3O2S. The summed E-state index contributed by atoms with van der Waals surface area (Å²) in [4.78, 5) is 4.29. The molecule has 23 heavy (non-hydrogen) atoms. The second kappa shape index (κ2) is 9.15. The van der Waals surface area contributed by atoms with E-state index in [9.17, 15) is 0 Å². The van der Waals surface area contributed by atoms with Gasteiger partial charge in [0.2, 0.25) is 5.13 Å². The molecule has 1 aromatic heterocycles. The first kappa shape index (κ1) is 17.3. The molecule has 0 saturated heterocycles. The number of aromatic nitrogens is 1. The van der Waals surface area contributed by atoms with Crippen molar-refractivity contribution in [3.63, 3.8) is 0 Å². The molecule has 0 amide bonds. The van der Waals surface area contributed by atoms with Crippen LogP contribution in [0.2, 0.25) is 0 Å². The molecule has 124 valence electrons. The second-order valence-corrected chi connectivity index (χ2v) is 5.86. The monoisotopic (exact) mass is 333 g/mol. The van der Waals surface area contributed by atoms with Crippen molar-refractivity contribution in [2.45, 2.75) is 33.6 Å². The zero-order chi connectivity index (χ0) is 16.5. The molecule has 0 aliphatic rings. The topological polar surface area (TPSA) is 55.7 Å². The number of hydrogen-bond acceptors (Lipinski definition) is 6. The molecule has 0 bridgehead atoms. The largest absolute Gasteiger partial charge is 0.490 e. The number of anilines is 1. The third-order valence-corrected chi connectivity index (χ3v) is 3.88. The Morgan fingerprint density at radius 1 is 1.26 bits per heavy atom. The highest BCUT2D eigenvalue weighted by Crippen LogP contribution is 2.28. The van der Waals surface area contributed by atoms with E-state index in [1.807, 2.05) is 37.4 Å². The van der Waals surface area contributed by atoms with E-state index in [4.69, 9.17) is 9.47 Å². The molecule has 2 rings (SSSR count). The lowest BCUT2D eigenvalue weighted by molar-refractivity contribution is 0.272. The molecule has 0 aliphatic carbocycles. The van der Waals surface area contributed by atoms with Crippen LogP contribution in [0, 0.1) is 6.92 Å². The second-order valence-electron chi connectivity index (χ2n) is 5.01. The number of hydrogen-bond donors (Lipinski definition) is 1. The molecule has 0 unspecified atom stereocenters. The lowest BCUT2D eigenvalue weighted by Crippen LogP contribution is -2.01. The average molecular weight is 333 g/mol. The molecule has 0 saturated carbocycles. The highest BCUT2D eigenvalue weighted by Gasteiger charge is 2.05. The molecular weight excluding hydrogens is 310 g/mol. The first-order valence-electron chi connectivity index (χ1n) is 7.83. The fourth-order valence-electron chi connectivity index (χ4n) is 1.89. The SMILES string of the molecule is CCCCOc1ccc(/C=N/Nc2nc(C)cs2)cc1OCC. The molecule has 0 aliphatic heterocycles. The van der Waals surface area contributed by atoms with Gasteiger partial charge in [-0.1, -0.05) is 13.3 Å². The Balaban J connectivity index is 2.02. The van der Waals surface area contributed by atoms with Crippen LogP contribution in [0.25, 0.3) is 0 Å². The number of aryl methyl sites for hydroxylation is 1. The van der Waals surface area contributed by atoms with Crippen LogP contribution in [-0.4, -0.2) is 24.4 Å². The molecule has 6 heteroatoms. The minimum absolute atomic E-state index is 0.599. The molecule has 1 aromatic carbocycles. The van der Waals surface area contributed by atoms with Crippen molar-refractivity contribution in [3.8, 4) is 11.5 Å². The van der Waals surface area contributed by atoms with Gasteiger partial charge in [-0.3, -0.25) is 5.43 Å². The first-order valence-corrected chi connectivity index (χ1v) is 8.71. The number of ether oxygens (including phenoxy) is 2. The molecule has 1 N–H and O–H groups in total. The highest BCUT2D eigenvalue weighted by molar-refractivity contribution is 7.13. The van der Waals surface area contributed by atoms with Crippen LogP contribution in [-0.2, 0) is 0 Å². The van der Waals surface area contributed by atoms with E-state index >= 15 is 0 Å². The summed E-state index contributed by atoms with van der Waals surface area (Å²) < 4.78 is 11.4. The summed E-state index contributed by atoms with van der Waals surface area (Å²) in [7, 11) is 0. The minimum atomic E-state index is 0.599. The molecule has 0 radical (unpaired) electrons. The Labute approximate surface area is 141 Å². The summed E-state index contributed by atoms with van der Waals surface area (Å²) in [5, 5.41) is 6.97. The van der Waals surface area contributed by atoms with Crippen molar-refractivity contribution in [1.29, 1.82) is 0 Å². The Hall–Kier alpha value is -2.08. The maximum absolute atomic E-state index is 5.77. The smallest absolute Gasteiger partial charge is 0.203 e. The molecule has 0 spiro atoms. The van der Waals surface area contributed by atoms with Crippen LogP contribution < -0.4 is 14.9 Å². The van der Waals surface area contributed by atoms with E-state index in [0.717, 1.165) is 40.7 Å². The fourth-order valence-corrected chi connectivity index (χ4v) is 2.52. The van der Waals surface area contributed by atoms with E-state index < -0.39 is 0 Å². The number of thiazole rings is 1. The molecule has 5 nitrogen and oxygen atoms in total. The fraction of sp³-hybridized carbons (Fsp3) is 0.412. The lowest BCUT2D eigenvalue weighted by Gasteiger charge is -2.12. The zero-order valence-corrected chi connectivity index (χ0v) is 14.7. The van der Waals surface area contributed by atoms with E-state index in [1.165, 1.54) is 11.3 Å². The Morgan fingerprint density at radius 2 is 2.13 bits per heavy atom. The quantitative estimate of drug-likeness (QED) is 0.418. The number of nitrogens with zero attached hydrogens (tertiary/aromatic N) is 2. The number of unbranched alkanes of at least 4 members (excludes halogenated alkanes) is 1. The minimum Gasteiger partial charge on any atom is -0.490 e. The van der Waals surface area contributed by atoms with E-state index in [0.29, 0.717) is 13.2 Å². The molecule has 2 aromatic rings. The van der Waals surface area contributed by atoms with Gasteiger partial charge in [-0.25, -0.2) is 4.98 Å². The summed E-state index contributed by atoms with van der Waals surface area (Å²) in [6, 6.07) is 5.82. The first-order chi connectivity index (χ1) is 11.2. The van der Waals surface area contributed by atoms with Gasteiger partial charge in [0.15, 0.2) is 11.5 Å². The van der Waals surface area contributed by atoms with Gasteiger partial charge in [-0.15, -0.1) is 11.3 Å². The Bertz CT molecular complexity index is 641. The third kappa shape index (κ3) is 5.56. The van der Waals surface area contributed by atoms with Gasteiger partial charge in [0.1, 0.15) is 0 Å². The normalized spacial score (nSPS) is 10.9. The third-order valence-electron chi connectivity index (χ3n) is 3.02. The van der Waals surface area contributed by atoms with Crippen LogP contribution in [0.3, 0.4) is 0 Å². The average Bonchev–Trinajstić information content (AvgIpc) is 2.95. The summed E-state index contributed by atoms with van der Waals surface area (Å²) in [6.07, 6.45) is 3.89. The standard InChI is InChI=1S/C17H23N3O2S/c1-4-6-9-22-15-8-7-14(10-16(15)21-5-2)11-18-20-17-19-13(3)12-23-17/h7-8,10-12H,4-6,9H2,1-3H3,(H,19,20)/b18-11+. The maximum Gasteiger partial charge on any atom is 0.203 e. The summed E-state index contributed by atoms with van der Waals surface area (Å²) in [6.45, 7) is 7.36. The highest BCUT2D eigenvalue weighted by atomic mass is 32.1. The van der Waals surface area contributed by atoms with Gasteiger partial charge in [0.25, 0.3) is 0 Å². The number of nitrogens with one attached hydrogen (secondary N) is 1. The maximum atomic E-state index is 5.77. The van der Waals surface area contributed by atoms with Gasteiger partial charge in [0.05, 0.1) is 25.1 Å². The number of rotatable bonds is 9. The van der Waals surface area contributed by atoms with Gasteiger partial charge in [-0.05, 0) is 44.0 Å². The van der Waals surface area contributed by atoms with Crippen molar-refractivity contribution < 1.29 is 9.47 Å². The predicted molar refractivity (Wildman–Crippen MR) is 96.1 cm³/mol. The lowest BCUT2D eigenvalue weighted by atomic mass is 10.2. The van der Waals surface area contributed by atoms with Crippen LogP contribution in [0.15, 0.2) is 28.7 Å². The number of hydrazone groups is 1. The summed E-state index contributed by atoms with van der Waals surface area (Å²) in [5.74, 6) is 1.53. The van der Waals surface area contributed by atoms with E-state index in [1.54, 1.807) is 6.21 Å². The van der Waals surface area contributed by atoms with E-state index in [-0.39, 0.29) is 0 Å². The van der Waals surface area contributed by atoms with Crippen LogP contribution in [0.1, 0.15) is 37.9 Å². The van der Waals surface area contributed by atoms with Crippen molar-refractivity contribution in [2.75, 3.05) is 18.6 Å². The van der Waals surface area contributed by atoms with Gasteiger partial charge >= 0.3 is 0 Å². The van der Waals surface area contributed by atoms with Crippen molar-refractivity contribution >= 4 is 22.7 Å². The predicted octanol–water partition coefficient (Wildman–Crippen LogP) is 4.48. The number of benzene rings is 1. The Kier molecular flexibility index (Phi) is 6.87. The van der Waals surface area contributed by atoms with Gasteiger partial charge < -0.3 is 9.47 Å². The van der Waals surface area contributed by atoms with Crippen LogP contribution >= 0.6 is 11.3 Å². The summed E-state index contributed by atoms with van der Waals surface area (Å²) >= 11 is 1.53. The Morgan fingerprint density at radius 3 is 2.83 bits per heavy atom. The van der Waals surface area contributed by atoms with Crippen LogP contribution in [0.4, 0.5) is 5.13 Å². The van der Waals surface area contributed by atoms with Gasteiger partial charge in [0, 0.05) is 5.38 Å². The van der Waals surface area contributed by atoms with E-state index in [2.05, 4.69) is 22.4 Å². The molecule has 1 heterocycles. The molecule has 0 atom stereocenters. The summed E-state index contributed by atoms with van der Waals surface area (Å²) in [5.41, 5.74) is 4.85. The van der Waals surface area contributed by atoms with Crippen LogP contribution in [0.5, 0.6) is 11.5 Å². The van der Waals surface area contributed by atoms with Gasteiger partial charge in [-0.2, -0.15) is 5.10 Å². The van der Waals surface area contributed by atoms with Crippen molar-refractivity contribution in [2.24, 2.45) is 5.10 Å². The van der Waals surface area contributed by atoms with Crippen molar-refractivity contribution in [3.05, 3.63) is 34.8 Å². The van der Waals surface area contributed by atoms with Crippen molar-refractivity contribution in [1.82, 2.24) is 4.98 Å².